The number of thiocarbonyl (C=S) groups is 1. The first-order valence-corrected chi connectivity index (χ1v) is 9.33. The predicted octanol–water partition coefficient (Wildman–Crippen LogP) is 5.78. The second-order valence-corrected chi connectivity index (χ2v) is 7.59. The van der Waals surface area contributed by atoms with Gasteiger partial charge in [-0.25, -0.2) is 0 Å². The van der Waals surface area contributed by atoms with Crippen LogP contribution in [0.3, 0.4) is 0 Å². The van der Waals surface area contributed by atoms with E-state index in [9.17, 15) is 4.79 Å². The lowest BCUT2D eigenvalue weighted by molar-refractivity contribution is -0.113. The van der Waals surface area contributed by atoms with Gasteiger partial charge in [-0.05, 0) is 48.2 Å². The molecule has 1 amide bonds. The molecule has 1 aromatic heterocycles. The molecule has 1 aliphatic heterocycles. The third kappa shape index (κ3) is 3.11. The summed E-state index contributed by atoms with van der Waals surface area (Å²) < 4.78 is 5.87. The van der Waals surface area contributed by atoms with Gasteiger partial charge in [0.25, 0.3) is 5.91 Å². The van der Waals surface area contributed by atoms with E-state index in [0.29, 0.717) is 9.23 Å². The maximum absolute atomic E-state index is 13.0. The maximum atomic E-state index is 13.0. The van der Waals surface area contributed by atoms with Gasteiger partial charge in [-0.3, -0.25) is 9.69 Å². The van der Waals surface area contributed by atoms with E-state index < -0.39 is 0 Å². The van der Waals surface area contributed by atoms with Crippen LogP contribution in [0.2, 0.25) is 0 Å². The number of fused-ring (bicyclic) bond motifs is 1. The standard InChI is InChI=1S/C21H15NO2S2/c1-14(12-16-8-5-11-24-16)13-19-20(23)22(21(25)26-19)18-10-4-7-15-6-2-3-9-17(15)18/h2-13H,1H3/b14-12+,19-13+. The van der Waals surface area contributed by atoms with Crippen molar-refractivity contribution >= 4 is 56.7 Å². The first kappa shape index (κ1) is 16.8. The molecular weight excluding hydrogens is 362 g/mol. The van der Waals surface area contributed by atoms with Crippen molar-refractivity contribution in [2.45, 2.75) is 6.92 Å². The Bertz CT molecular complexity index is 1060. The SMILES string of the molecule is CC(=C\c1ccco1)/C=C1/SC(=S)N(c2cccc3ccccc23)C1=O. The molecule has 5 heteroatoms. The van der Waals surface area contributed by atoms with Gasteiger partial charge >= 0.3 is 0 Å². The van der Waals surface area contributed by atoms with Gasteiger partial charge in [-0.2, -0.15) is 0 Å². The van der Waals surface area contributed by atoms with Crippen molar-refractivity contribution < 1.29 is 9.21 Å². The van der Waals surface area contributed by atoms with Crippen LogP contribution in [0.25, 0.3) is 16.8 Å². The number of benzene rings is 2. The number of allylic oxidation sites excluding steroid dienone is 2. The topological polar surface area (TPSA) is 33.5 Å². The van der Waals surface area contributed by atoms with Crippen LogP contribution in [-0.2, 0) is 4.79 Å². The third-order valence-corrected chi connectivity index (χ3v) is 5.38. The molecule has 0 radical (unpaired) electrons. The van der Waals surface area contributed by atoms with Gasteiger partial charge in [0.1, 0.15) is 5.76 Å². The van der Waals surface area contributed by atoms with Crippen molar-refractivity contribution in [1.29, 1.82) is 0 Å². The molecule has 0 bridgehead atoms. The number of amides is 1. The quantitative estimate of drug-likeness (QED) is 0.428. The molecular formula is C21H15NO2S2. The molecule has 3 aromatic rings. The van der Waals surface area contributed by atoms with Crippen molar-refractivity contribution in [2.24, 2.45) is 0 Å². The molecule has 3 nitrogen and oxygen atoms in total. The Balaban J connectivity index is 1.70. The van der Waals surface area contributed by atoms with Gasteiger partial charge in [-0.1, -0.05) is 60.4 Å². The highest BCUT2D eigenvalue weighted by Gasteiger charge is 2.34. The van der Waals surface area contributed by atoms with Crippen molar-refractivity contribution in [2.75, 3.05) is 4.90 Å². The molecule has 0 unspecified atom stereocenters. The Morgan fingerprint density at radius 3 is 2.73 bits per heavy atom. The second-order valence-electron chi connectivity index (χ2n) is 5.92. The summed E-state index contributed by atoms with van der Waals surface area (Å²) in [4.78, 5) is 15.2. The van der Waals surface area contributed by atoms with Crippen LogP contribution in [0.5, 0.6) is 0 Å². The van der Waals surface area contributed by atoms with Crippen molar-refractivity contribution in [3.05, 3.63) is 83.2 Å². The molecule has 1 aliphatic rings. The molecule has 0 aliphatic carbocycles. The predicted molar refractivity (Wildman–Crippen MR) is 112 cm³/mol. The number of carbonyl (C=O) groups is 1. The monoisotopic (exact) mass is 377 g/mol. The molecule has 1 saturated heterocycles. The van der Waals surface area contributed by atoms with Crippen LogP contribution >= 0.6 is 24.0 Å². The number of hydrogen-bond acceptors (Lipinski definition) is 4. The zero-order valence-electron chi connectivity index (χ0n) is 14.0. The van der Waals surface area contributed by atoms with Crippen molar-refractivity contribution in [3.8, 4) is 0 Å². The molecule has 0 spiro atoms. The Morgan fingerprint density at radius 2 is 1.92 bits per heavy atom. The fraction of sp³-hybridized carbons (Fsp3) is 0.0476. The summed E-state index contributed by atoms with van der Waals surface area (Å²) in [5.74, 6) is 0.659. The summed E-state index contributed by atoms with van der Waals surface area (Å²) in [7, 11) is 0. The average molecular weight is 377 g/mol. The highest BCUT2D eigenvalue weighted by atomic mass is 32.2. The minimum Gasteiger partial charge on any atom is -0.465 e. The van der Waals surface area contributed by atoms with Crippen LogP contribution in [-0.4, -0.2) is 10.2 Å². The van der Waals surface area contributed by atoms with E-state index in [1.807, 2.05) is 73.7 Å². The summed E-state index contributed by atoms with van der Waals surface area (Å²) >= 11 is 6.82. The highest BCUT2D eigenvalue weighted by Crippen LogP contribution is 2.38. The number of hydrogen-bond donors (Lipinski definition) is 0. The van der Waals surface area contributed by atoms with Gasteiger partial charge in [0.05, 0.1) is 16.9 Å². The number of furan rings is 1. The zero-order valence-corrected chi connectivity index (χ0v) is 15.6. The summed E-state index contributed by atoms with van der Waals surface area (Å²) in [5.41, 5.74) is 1.75. The smallest absolute Gasteiger partial charge is 0.270 e. The van der Waals surface area contributed by atoms with Gasteiger partial charge in [0, 0.05) is 5.39 Å². The van der Waals surface area contributed by atoms with E-state index in [4.69, 9.17) is 16.6 Å². The minimum absolute atomic E-state index is 0.0939. The van der Waals surface area contributed by atoms with E-state index in [-0.39, 0.29) is 5.91 Å². The average Bonchev–Trinajstić information content (AvgIpc) is 3.23. The first-order valence-electron chi connectivity index (χ1n) is 8.11. The Hall–Kier alpha value is -2.63. The molecule has 0 saturated carbocycles. The van der Waals surface area contributed by atoms with Crippen LogP contribution < -0.4 is 4.90 Å². The molecule has 26 heavy (non-hydrogen) atoms. The number of rotatable bonds is 3. The van der Waals surface area contributed by atoms with E-state index in [2.05, 4.69) is 0 Å². The van der Waals surface area contributed by atoms with Gasteiger partial charge in [0.15, 0.2) is 4.32 Å². The second kappa shape index (κ2) is 6.94. The summed E-state index contributed by atoms with van der Waals surface area (Å²) in [5, 5.41) is 2.09. The van der Waals surface area contributed by atoms with Crippen LogP contribution in [0.1, 0.15) is 12.7 Å². The van der Waals surface area contributed by atoms with Gasteiger partial charge in [-0.15, -0.1) is 0 Å². The van der Waals surface area contributed by atoms with E-state index >= 15 is 0 Å². The molecule has 0 atom stereocenters. The number of carbonyl (C=O) groups excluding carboxylic acids is 1. The number of thioether (sulfide) groups is 1. The number of anilines is 1. The fourth-order valence-corrected chi connectivity index (χ4v) is 4.26. The fourth-order valence-electron chi connectivity index (χ4n) is 2.92. The van der Waals surface area contributed by atoms with E-state index in [0.717, 1.165) is 27.8 Å². The maximum Gasteiger partial charge on any atom is 0.270 e. The normalized spacial score (nSPS) is 16.9. The largest absolute Gasteiger partial charge is 0.465 e. The summed E-state index contributed by atoms with van der Waals surface area (Å²) in [6, 6.07) is 17.6. The summed E-state index contributed by atoms with van der Waals surface area (Å²) in [6.45, 7) is 1.94. The van der Waals surface area contributed by atoms with Crippen LogP contribution in [0.15, 0.2) is 81.8 Å². The van der Waals surface area contributed by atoms with Gasteiger partial charge in [0.2, 0.25) is 0 Å². The molecule has 2 heterocycles. The van der Waals surface area contributed by atoms with E-state index in [1.54, 1.807) is 11.2 Å². The summed E-state index contributed by atoms with van der Waals surface area (Å²) in [6.07, 6.45) is 5.37. The van der Waals surface area contributed by atoms with E-state index in [1.165, 1.54) is 11.8 Å². The molecule has 2 aromatic carbocycles. The minimum atomic E-state index is -0.0939. The van der Waals surface area contributed by atoms with Crippen LogP contribution in [0.4, 0.5) is 5.69 Å². The highest BCUT2D eigenvalue weighted by molar-refractivity contribution is 8.27. The van der Waals surface area contributed by atoms with Gasteiger partial charge < -0.3 is 4.42 Å². The third-order valence-electron chi connectivity index (χ3n) is 4.07. The number of nitrogens with zero attached hydrogens (tertiary/aromatic N) is 1. The molecule has 0 N–H and O–H groups in total. The first-order chi connectivity index (χ1) is 12.6. The molecule has 128 valence electrons. The lowest BCUT2D eigenvalue weighted by Gasteiger charge is -2.17. The Morgan fingerprint density at radius 1 is 1.12 bits per heavy atom. The lowest BCUT2D eigenvalue weighted by atomic mass is 10.1. The van der Waals surface area contributed by atoms with Crippen LogP contribution in [0, 0.1) is 0 Å². The van der Waals surface area contributed by atoms with Crippen molar-refractivity contribution in [1.82, 2.24) is 0 Å². The molecule has 1 fully saturated rings. The zero-order chi connectivity index (χ0) is 18.1. The molecule has 4 rings (SSSR count). The lowest BCUT2D eigenvalue weighted by Crippen LogP contribution is -2.27. The Kier molecular flexibility index (Phi) is 4.49. The van der Waals surface area contributed by atoms with Crippen molar-refractivity contribution in [3.63, 3.8) is 0 Å². The Labute approximate surface area is 161 Å².